The SMILES string of the molecule is O=c1nc(SCc2cn(-c3ccc(N4CCOCC4)c(F)c3)nn2)sc2c([N+](=O)[O-])cc(Cl)cc12. The Hall–Kier alpha value is -3.13. The Kier molecular flexibility index (Phi) is 6.65. The molecule has 1 saturated heterocycles. The Morgan fingerprint density at radius 2 is 2.06 bits per heavy atom. The summed E-state index contributed by atoms with van der Waals surface area (Å²) < 4.78 is 22.1. The van der Waals surface area contributed by atoms with E-state index in [9.17, 15) is 19.3 Å². The summed E-state index contributed by atoms with van der Waals surface area (Å²) in [4.78, 5) is 29.2. The second-order valence-electron chi connectivity index (χ2n) is 7.52. The van der Waals surface area contributed by atoms with E-state index < -0.39 is 10.5 Å². The summed E-state index contributed by atoms with van der Waals surface area (Å²) in [5, 5.41) is 19.8. The number of nitro groups is 1. The molecule has 1 aliphatic heterocycles. The van der Waals surface area contributed by atoms with Crippen LogP contribution in [0.4, 0.5) is 15.8 Å². The predicted molar refractivity (Wildman–Crippen MR) is 131 cm³/mol. The molecule has 5 rings (SSSR count). The van der Waals surface area contributed by atoms with Crippen LogP contribution < -0.4 is 10.5 Å². The molecule has 10 nitrogen and oxygen atoms in total. The number of aromatic nitrogens is 4. The average molecular weight is 535 g/mol. The molecule has 14 heteroatoms. The van der Waals surface area contributed by atoms with Crippen molar-refractivity contribution in [3.05, 3.63) is 73.5 Å². The number of halogens is 2. The average Bonchev–Trinajstić information content (AvgIpc) is 3.32. The van der Waals surface area contributed by atoms with Gasteiger partial charge in [-0.1, -0.05) is 28.6 Å². The Bertz CT molecular complexity index is 1490. The highest BCUT2D eigenvalue weighted by Gasteiger charge is 2.19. The van der Waals surface area contributed by atoms with Crippen molar-refractivity contribution < 1.29 is 14.1 Å². The molecule has 0 saturated carbocycles. The highest BCUT2D eigenvalue weighted by Crippen LogP contribution is 2.35. The standard InChI is InChI=1S/C21H16ClFN6O4S2/c22-12-7-15-19(18(8-12)29(31)32)35-21(24-20(15)30)34-11-13-10-28(26-25-13)14-1-2-17(16(23)9-14)27-3-5-33-6-4-27/h1-2,7-10H,3-6,11H2. The number of nitro benzene ring substituents is 1. The molecule has 1 fully saturated rings. The van der Waals surface area contributed by atoms with Crippen molar-refractivity contribution in [2.24, 2.45) is 0 Å². The van der Waals surface area contributed by atoms with Gasteiger partial charge >= 0.3 is 0 Å². The molecule has 0 unspecified atom stereocenters. The minimum atomic E-state index is -0.591. The van der Waals surface area contributed by atoms with Crippen LogP contribution >= 0.6 is 34.7 Å². The van der Waals surface area contributed by atoms with Crippen molar-refractivity contribution >= 4 is 56.2 Å². The molecule has 1 aliphatic rings. The molecular formula is C21H16ClFN6O4S2. The van der Waals surface area contributed by atoms with E-state index in [0.717, 1.165) is 11.3 Å². The number of hydrogen-bond donors (Lipinski definition) is 0. The summed E-state index contributed by atoms with van der Waals surface area (Å²) in [5.74, 6) is -0.0489. The lowest BCUT2D eigenvalue weighted by Crippen LogP contribution is -2.36. The zero-order chi connectivity index (χ0) is 24.5. The van der Waals surface area contributed by atoms with Crippen LogP contribution in [0, 0.1) is 15.9 Å². The molecule has 0 atom stereocenters. The van der Waals surface area contributed by atoms with Gasteiger partial charge < -0.3 is 9.64 Å². The molecule has 0 bridgehead atoms. The van der Waals surface area contributed by atoms with E-state index >= 15 is 0 Å². The summed E-state index contributed by atoms with van der Waals surface area (Å²) in [5.41, 5.74) is 0.767. The van der Waals surface area contributed by atoms with Crippen LogP contribution in [0.3, 0.4) is 0 Å². The zero-order valence-electron chi connectivity index (χ0n) is 17.9. The fourth-order valence-electron chi connectivity index (χ4n) is 3.62. The van der Waals surface area contributed by atoms with Gasteiger partial charge in [0.15, 0.2) is 4.34 Å². The third kappa shape index (κ3) is 4.98. The minimum Gasteiger partial charge on any atom is -0.378 e. The molecule has 3 heterocycles. The summed E-state index contributed by atoms with van der Waals surface area (Å²) in [7, 11) is 0. The molecule has 180 valence electrons. The second kappa shape index (κ2) is 9.85. The molecule has 0 N–H and O–H groups in total. The minimum absolute atomic E-state index is 0.0988. The summed E-state index contributed by atoms with van der Waals surface area (Å²) in [6, 6.07) is 7.46. The van der Waals surface area contributed by atoms with Gasteiger partial charge in [-0.25, -0.2) is 9.07 Å². The van der Waals surface area contributed by atoms with E-state index in [1.54, 1.807) is 18.3 Å². The first-order valence-electron chi connectivity index (χ1n) is 10.3. The number of nitrogens with zero attached hydrogens (tertiary/aromatic N) is 6. The summed E-state index contributed by atoms with van der Waals surface area (Å²) in [6.45, 7) is 2.39. The maximum absolute atomic E-state index is 14.7. The van der Waals surface area contributed by atoms with Crippen molar-refractivity contribution in [1.29, 1.82) is 0 Å². The van der Waals surface area contributed by atoms with E-state index in [0.29, 0.717) is 53.5 Å². The zero-order valence-corrected chi connectivity index (χ0v) is 20.3. The lowest BCUT2D eigenvalue weighted by molar-refractivity contribution is -0.382. The van der Waals surface area contributed by atoms with Crippen molar-refractivity contribution in [2.45, 2.75) is 10.1 Å². The quantitative estimate of drug-likeness (QED) is 0.205. The molecule has 0 aliphatic carbocycles. The van der Waals surface area contributed by atoms with Gasteiger partial charge in [0.05, 0.1) is 46.8 Å². The summed E-state index contributed by atoms with van der Waals surface area (Å²) in [6.07, 6.45) is 1.65. The number of ether oxygens (including phenoxy) is 1. The Labute approximate surface area is 210 Å². The van der Waals surface area contributed by atoms with Gasteiger partial charge in [0.2, 0.25) is 0 Å². The van der Waals surface area contributed by atoms with Gasteiger partial charge in [-0.2, -0.15) is 4.98 Å². The molecule has 0 radical (unpaired) electrons. The van der Waals surface area contributed by atoms with Crippen LogP contribution in [-0.4, -0.2) is 51.2 Å². The van der Waals surface area contributed by atoms with Crippen LogP contribution in [-0.2, 0) is 10.5 Å². The van der Waals surface area contributed by atoms with Crippen molar-refractivity contribution in [3.63, 3.8) is 0 Å². The van der Waals surface area contributed by atoms with E-state index in [2.05, 4.69) is 15.3 Å². The number of fused-ring (bicyclic) bond motifs is 1. The second-order valence-corrected chi connectivity index (χ2v) is 10.2. The van der Waals surface area contributed by atoms with Gasteiger partial charge in [-0.05, 0) is 18.2 Å². The van der Waals surface area contributed by atoms with Crippen LogP contribution in [0.5, 0.6) is 0 Å². The van der Waals surface area contributed by atoms with Crippen LogP contribution in [0.1, 0.15) is 5.69 Å². The lowest BCUT2D eigenvalue weighted by Gasteiger charge is -2.29. The van der Waals surface area contributed by atoms with Gasteiger partial charge in [-0.15, -0.1) is 16.4 Å². The number of hydrogen-bond acceptors (Lipinski definition) is 10. The van der Waals surface area contributed by atoms with Gasteiger partial charge in [0.1, 0.15) is 10.5 Å². The molecule has 0 amide bonds. The number of anilines is 1. The third-order valence-electron chi connectivity index (χ3n) is 5.28. The van der Waals surface area contributed by atoms with Crippen molar-refractivity contribution in [2.75, 3.05) is 31.2 Å². The topological polar surface area (TPSA) is 116 Å². The van der Waals surface area contributed by atoms with Gasteiger partial charge in [0, 0.05) is 36.0 Å². The van der Waals surface area contributed by atoms with Gasteiger partial charge in [-0.3, -0.25) is 14.9 Å². The Balaban J connectivity index is 1.34. The largest absolute Gasteiger partial charge is 0.378 e. The molecule has 2 aromatic carbocycles. The van der Waals surface area contributed by atoms with Crippen LogP contribution in [0.15, 0.2) is 45.7 Å². The van der Waals surface area contributed by atoms with E-state index in [1.807, 2.05) is 4.90 Å². The monoisotopic (exact) mass is 534 g/mol. The van der Waals surface area contributed by atoms with Crippen molar-refractivity contribution in [1.82, 2.24) is 20.0 Å². The fraction of sp³-hybridized carbons (Fsp3) is 0.238. The molecule has 2 aromatic heterocycles. The first-order chi connectivity index (χ1) is 16.9. The summed E-state index contributed by atoms with van der Waals surface area (Å²) >= 11 is 8.15. The third-order valence-corrected chi connectivity index (χ3v) is 7.77. The molecule has 35 heavy (non-hydrogen) atoms. The molecule has 0 spiro atoms. The van der Waals surface area contributed by atoms with E-state index in [1.165, 1.54) is 34.6 Å². The smallest absolute Gasteiger partial charge is 0.288 e. The normalized spacial score (nSPS) is 13.9. The number of morpholine rings is 1. The Morgan fingerprint density at radius 3 is 2.80 bits per heavy atom. The first-order valence-corrected chi connectivity index (χ1v) is 12.5. The van der Waals surface area contributed by atoms with Crippen molar-refractivity contribution in [3.8, 4) is 5.69 Å². The van der Waals surface area contributed by atoms with Gasteiger partial charge in [0.25, 0.3) is 11.2 Å². The molecule has 4 aromatic rings. The van der Waals surface area contributed by atoms with Crippen LogP contribution in [0.2, 0.25) is 5.02 Å². The highest BCUT2D eigenvalue weighted by atomic mass is 35.5. The molecular weight excluding hydrogens is 519 g/mol. The fourth-order valence-corrected chi connectivity index (χ4v) is 5.84. The maximum Gasteiger partial charge on any atom is 0.288 e. The Morgan fingerprint density at radius 1 is 1.26 bits per heavy atom. The highest BCUT2D eigenvalue weighted by molar-refractivity contribution is 8.00. The first kappa shape index (κ1) is 23.6. The van der Waals surface area contributed by atoms with E-state index in [4.69, 9.17) is 16.3 Å². The number of thioether (sulfide) groups is 1. The number of rotatable bonds is 6. The van der Waals surface area contributed by atoms with Crippen LogP contribution in [0.25, 0.3) is 15.8 Å². The number of non-ortho nitro benzene ring substituents is 1. The van der Waals surface area contributed by atoms with E-state index in [-0.39, 0.29) is 26.6 Å². The number of benzene rings is 2. The maximum atomic E-state index is 14.7. The lowest BCUT2D eigenvalue weighted by atomic mass is 10.2. The predicted octanol–water partition coefficient (Wildman–Crippen LogP) is 4.07.